The SMILES string of the molecule is NC(Cc1cccc(C(F)(F)F)c1)c1cccc(C(F)(F)F)c1. The molecule has 0 aromatic heterocycles. The fourth-order valence-corrected chi connectivity index (χ4v) is 2.19. The molecule has 1 unspecified atom stereocenters. The summed E-state index contributed by atoms with van der Waals surface area (Å²) >= 11 is 0. The monoisotopic (exact) mass is 333 g/mol. The third kappa shape index (κ3) is 4.48. The van der Waals surface area contributed by atoms with Crippen molar-refractivity contribution in [3.63, 3.8) is 0 Å². The predicted octanol–water partition coefficient (Wildman–Crippen LogP) is 4.97. The van der Waals surface area contributed by atoms with Gasteiger partial charge in [-0.1, -0.05) is 30.3 Å². The van der Waals surface area contributed by atoms with Crippen molar-refractivity contribution >= 4 is 0 Å². The number of hydrogen-bond acceptors (Lipinski definition) is 1. The molecule has 2 aromatic rings. The van der Waals surface area contributed by atoms with Gasteiger partial charge in [0.05, 0.1) is 11.1 Å². The van der Waals surface area contributed by atoms with Gasteiger partial charge in [0.1, 0.15) is 0 Å². The molecule has 0 aliphatic heterocycles. The molecule has 1 atom stereocenters. The Morgan fingerprint density at radius 2 is 1.30 bits per heavy atom. The van der Waals surface area contributed by atoms with E-state index in [2.05, 4.69) is 0 Å². The Morgan fingerprint density at radius 3 is 1.87 bits per heavy atom. The van der Waals surface area contributed by atoms with Crippen molar-refractivity contribution in [2.45, 2.75) is 24.8 Å². The molecule has 0 bridgehead atoms. The molecule has 1 nitrogen and oxygen atoms in total. The second-order valence-corrected chi connectivity index (χ2v) is 5.13. The van der Waals surface area contributed by atoms with E-state index in [1.165, 1.54) is 24.3 Å². The summed E-state index contributed by atoms with van der Waals surface area (Å²) in [6.45, 7) is 0. The van der Waals surface area contributed by atoms with Gasteiger partial charge in [-0.3, -0.25) is 0 Å². The topological polar surface area (TPSA) is 26.0 Å². The highest BCUT2D eigenvalue weighted by molar-refractivity contribution is 5.31. The molecule has 2 rings (SSSR count). The van der Waals surface area contributed by atoms with Crippen molar-refractivity contribution in [3.05, 3.63) is 70.8 Å². The molecule has 124 valence electrons. The summed E-state index contributed by atoms with van der Waals surface area (Å²) in [4.78, 5) is 0. The van der Waals surface area contributed by atoms with E-state index in [4.69, 9.17) is 5.73 Å². The van der Waals surface area contributed by atoms with Gasteiger partial charge in [0.2, 0.25) is 0 Å². The van der Waals surface area contributed by atoms with Gasteiger partial charge in [-0.15, -0.1) is 0 Å². The lowest BCUT2D eigenvalue weighted by Crippen LogP contribution is -2.15. The Morgan fingerprint density at radius 1 is 0.783 bits per heavy atom. The van der Waals surface area contributed by atoms with Gasteiger partial charge in [-0.2, -0.15) is 26.3 Å². The van der Waals surface area contributed by atoms with Gasteiger partial charge < -0.3 is 5.73 Å². The predicted molar refractivity (Wildman–Crippen MR) is 73.5 cm³/mol. The molecule has 0 saturated carbocycles. The van der Waals surface area contributed by atoms with Crippen molar-refractivity contribution in [1.82, 2.24) is 0 Å². The summed E-state index contributed by atoms with van der Waals surface area (Å²) in [5, 5.41) is 0. The molecule has 0 saturated heterocycles. The van der Waals surface area contributed by atoms with Gasteiger partial charge in [-0.25, -0.2) is 0 Å². The molecule has 2 aromatic carbocycles. The molecular formula is C16H13F6N. The largest absolute Gasteiger partial charge is 0.416 e. The summed E-state index contributed by atoms with van der Waals surface area (Å²) in [7, 11) is 0. The van der Waals surface area contributed by atoms with Crippen LogP contribution in [0.1, 0.15) is 28.3 Å². The van der Waals surface area contributed by atoms with E-state index in [9.17, 15) is 26.3 Å². The van der Waals surface area contributed by atoms with Crippen molar-refractivity contribution in [1.29, 1.82) is 0 Å². The minimum absolute atomic E-state index is 0.00519. The second kappa shape index (κ2) is 6.23. The van der Waals surface area contributed by atoms with Crippen molar-refractivity contribution in [2.75, 3.05) is 0 Å². The number of hydrogen-bond donors (Lipinski definition) is 1. The highest BCUT2D eigenvalue weighted by atomic mass is 19.4. The van der Waals surface area contributed by atoms with Crippen LogP contribution >= 0.6 is 0 Å². The Kier molecular flexibility index (Phi) is 4.70. The summed E-state index contributed by atoms with van der Waals surface area (Å²) in [5.74, 6) is 0. The lowest BCUT2D eigenvalue weighted by molar-refractivity contribution is -0.138. The van der Waals surface area contributed by atoms with Crippen LogP contribution in [0.3, 0.4) is 0 Å². The summed E-state index contributed by atoms with van der Waals surface area (Å²) in [6, 6.07) is 8.24. The van der Waals surface area contributed by atoms with Crippen LogP contribution in [0, 0.1) is 0 Å². The molecule has 7 heteroatoms. The van der Waals surface area contributed by atoms with Crippen molar-refractivity contribution in [2.24, 2.45) is 5.73 Å². The molecule has 2 N–H and O–H groups in total. The van der Waals surface area contributed by atoms with E-state index >= 15 is 0 Å². The zero-order valence-electron chi connectivity index (χ0n) is 11.7. The number of rotatable bonds is 3. The molecule has 23 heavy (non-hydrogen) atoms. The number of benzene rings is 2. The first-order valence-electron chi connectivity index (χ1n) is 6.66. The van der Waals surface area contributed by atoms with Crippen LogP contribution in [-0.2, 0) is 18.8 Å². The third-order valence-corrected chi connectivity index (χ3v) is 3.35. The number of alkyl halides is 6. The maximum Gasteiger partial charge on any atom is 0.416 e. The molecular weight excluding hydrogens is 320 g/mol. The van der Waals surface area contributed by atoms with Gasteiger partial charge in [0.15, 0.2) is 0 Å². The maximum absolute atomic E-state index is 12.7. The summed E-state index contributed by atoms with van der Waals surface area (Å²) in [5.41, 5.74) is 4.73. The molecule has 0 aliphatic rings. The lowest BCUT2D eigenvalue weighted by atomic mass is 9.97. The van der Waals surface area contributed by atoms with Gasteiger partial charge in [0, 0.05) is 6.04 Å². The van der Waals surface area contributed by atoms with E-state index in [-0.39, 0.29) is 12.0 Å². The van der Waals surface area contributed by atoms with E-state index in [0.717, 1.165) is 24.3 Å². The van der Waals surface area contributed by atoms with Crippen LogP contribution < -0.4 is 5.73 Å². The Bertz CT molecular complexity index is 675. The quantitative estimate of drug-likeness (QED) is 0.789. The molecule has 0 heterocycles. The van der Waals surface area contributed by atoms with Crippen LogP contribution in [0.5, 0.6) is 0 Å². The van der Waals surface area contributed by atoms with Crippen LogP contribution in [-0.4, -0.2) is 0 Å². The second-order valence-electron chi connectivity index (χ2n) is 5.13. The summed E-state index contributed by atoms with van der Waals surface area (Å²) in [6.07, 6.45) is -8.96. The highest BCUT2D eigenvalue weighted by Gasteiger charge is 2.31. The molecule has 0 radical (unpaired) electrons. The van der Waals surface area contributed by atoms with E-state index < -0.39 is 29.5 Å². The summed E-state index contributed by atoms with van der Waals surface area (Å²) < 4.78 is 76.0. The van der Waals surface area contributed by atoms with Gasteiger partial charge in [0.25, 0.3) is 0 Å². The lowest BCUT2D eigenvalue weighted by Gasteiger charge is -2.15. The van der Waals surface area contributed by atoms with E-state index in [0.29, 0.717) is 5.56 Å². The minimum Gasteiger partial charge on any atom is -0.324 e. The Balaban J connectivity index is 2.21. The minimum atomic E-state index is -4.49. The maximum atomic E-state index is 12.7. The van der Waals surface area contributed by atoms with Crippen molar-refractivity contribution in [3.8, 4) is 0 Å². The smallest absolute Gasteiger partial charge is 0.324 e. The normalized spacial score (nSPS) is 13.9. The zero-order valence-corrected chi connectivity index (χ0v) is 11.7. The van der Waals surface area contributed by atoms with Crippen LogP contribution in [0.25, 0.3) is 0 Å². The van der Waals surface area contributed by atoms with Crippen LogP contribution in [0.15, 0.2) is 48.5 Å². The van der Waals surface area contributed by atoms with Gasteiger partial charge in [-0.05, 0) is 35.7 Å². The first-order valence-corrected chi connectivity index (χ1v) is 6.66. The number of halogens is 6. The van der Waals surface area contributed by atoms with Crippen LogP contribution in [0.4, 0.5) is 26.3 Å². The standard InChI is InChI=1S/C16H13F6N/c17-15(18,19)12-5-1-3-10(7-12)8-14(23)11-4-2-6-13(9-11)16(20,21)22/h1-7,9,14H,8,23H2. The fourth-order valence-electron chi connectivity index (χ4n) is 2.19. The molecule has 0 spiro atoms. The third-order valence-electron chi connectivity index (χ3n) is 3.35. The Labute approximate surface area is 128 Å². The Hall–Kier alpha value is -2.02. The van der Waals surface area contributed by atoms with E-state index in [1.807, 2.05) is 0 Å². The fraction of sp³-hybridized carbons (Fsp3) is 0.250. The first-order chi connectivity index (χ1) is 10.6. The first kappa shape index (κ1) is 17.3. The van der Waals surface area contributed by atoms with Crippen LogP contribution in [0.2, 0.25) is 0 Å². The molecule has 0 aliphatic carbocycles. The zero-order chi connectivity index (χ0) is 17.3. The van der Waals surface area contributed by atoms with Gasteiger partial charge >= 0.3 is 12.4 Å². The average Bonchev–Trinajstić information content (AvgIpc) is 2.46. The molecule has 0 fully saturated rings. The number of nitrogens with two attached hydrogens (primary N) is 1. The van der Waals surface area contributed by atoms with Crippen molar-refractivity contribution < 1.29 is 26.3 Å². The highest BCUT2D eigenvalue weighted by Crippen LogP contribution is 2.32. The van der Waals surface area contributed by atoms with E-state index in [1.54, 1.807) is 0 Å². The average molecular weight is 333 g/mol. The molecule has 0 amide bonds.